The van der Waals surface area contributed by atoms with Gasteiger partial charge in [0.05, 0.1) is 5.25 Å². The van der Waals surface area contributed by atoms with E-state index in [2.05, 4.69) is 0 Å². The lowest BCUT2D eigenvalue weighted by atomic mass is 10.1. The van der Waals surface area contributed by atoms with Gasteiger partial charge >= 0.3 is 0 Å². The Kier molecular flexibility index (Phi) is 6.53. The van der Waals surface area contributed by atoms with Crippen LogP contribution in [-0.2, 0) is 14.8 Å². The third kappa shape index (κ3) is 4.60. The molecule has 0 aliphatic heterocycles. The summed E-state index contributed by atoms with van der Waals surface area (Å²) in [7, 11) is -3.42. The maximum absolute atomic E-state index is 11.5. The molecular weight excluding hydrogens is 202 g/mol. The van der Waals surface area contributed by atoms with Crippen LogP contribution in [-0.4, -0.2) is 20.1 Å². The molecule has 0 aliphatic carbocycles. The summed E-state index contributed by atoms with van der Waals surface area (Å²) in [4.78, 5) is 10.1. The van der Waals surface area contributed by atoms with E-state index in [9.17, 15) is 13.2 Å². The molecular formula is C9H19NO3S. The molecule has 0 saturated heterocycles. The summed E-state index contributed by atoms with van der Waals surface area (Å²) >= 11 is 0. The van der Waals surface area contributed by atoms with Crippen molar-refractivity contribution in [1.82, 2.24) is 4.72 Å². The molecule has 4 nitrogen and oxygen atoms in total. The fourth-order valence-corrected chi connectivity index (χ4v) is 2.72. The maximum Gasteiger partial charge on any atom is 0.237 e. The second kappa shape index (κ2) is 6.81. The van der Waals surface area contributed by atoms with Crippen molar-refractivity contribution in [3.8, 4) is 0 Å². The number of sulfonamides is 1. The highest BCUT2D eigenvalue weighted by atomic mass is 32.2. The fraction of sp³-hybridized carbons (Fsp3) is 0.889. The van der Waals surface area contributed by atoms with Gasteiger partial charge < -0.3 is 0 Å². The van der Waals surface area contributed by atoms with Crippen LogP contribution in [0.3, 0.4) is 0 Å². The molecule has 0 radical (unpaired) electrons. The summed E-state index contributed by atoms with van der Waals surface area (Å²) in [5, 5.41) is -0.419. The molecule has 1 unspecified atom stereocenters. The molecule has 0 heterocycles. The summed E-state index contributed by atoms with van der Waals surface area (Å²) in [5.74, 6) is 0. The van der Waals surface area contributed by atoms with E-state index in [1.807, 2.05) is 18.6 Å². The van der Waals surface area contributed by atoms with Crippen LogP contribution in [0, 0.1) is 0 Å². The third-order valence-corrected chi connectivity index (χ3v) is 3.92. The van der Waals surface area contributed by atoms with Gasteiger partial charge in [0.15, 0.2) is 0 Å². The molecule has 0 bridgehead atoms. The predicted molar refractivity (Wildman–Crippen MR) is 56.3 cm³/mol. The topological polar surface area (TPSA) is 63.2 Å². The minimum Gasteiger partial charge on any atom is -0.278 e. The first-order valence-corrected chi connectivity index (χ1v) is 6.57. The largest absolute Gasteiger partial charge is 0.278 e. The standard InChI is InChI=1S/C9H19NO3S/c1-3-5-7-9(6-4-2)14(12,13)10-8-11/h8-9H,3-7H2,1-2H3,(H,10,11). The minimum atomic E-state index is -3.42. The summed E-state index contributed by atoms with van der Waals surface area (Å²) < 4.78 is 24.9. The zero-order valence-corrected chi connectivity index (χ0v) is 9.64. The van der Waals surface area contributed by atoms with Gasteiger partial charge in [0, 0.05) is 0 Å². The van der Waals surface area contributed by atoms with Crippen LogP contribution < -0.4 is 4.72 Å². The van der Waals surface area contributed by atoms with Gasteiger partial charge in [0.2, 0.25) is 16.4 Å². The Morgan fingerprint density at radius 1 is 1.21 bits per heavy atom. The number of carbonyl (C=O) groups is 1. The summed E-state index contributed by atoms with van der Waals surface area (Å²) in [6.07, 6.45) is 4.15. The van der Waals surface area contributed by atoms with Gasteiger partial charge in [-0.05, 0) is 12.8 Å². The van der Waals surface area contributed by atoms with Crippen LogP contribution in [0.25, 0.3) is 0 Å². The molecule has 0 fully saturated rings. The zero-order chi connectivity index (χ0) is 11.0. The second-order valence-electron chi connectivity index (χ2n) is 3.33. The molecule has 0 spiro atoms. The van der Waals surface area contributed by atoms with Gasteiger partial charge in [-0.15, -0.1) is 0 Å². The van der Waals surface area contributed by atoms with E-state index in [1.165, 1.54) is 0 Å². The van der Waals surface area contributed by atoms with Crippen LogP contribution in [0.2, 0.25) is 0 Å². The van der Waals surface area contributed by atoms with E-state index >= 15 is 0 Å². The monoisotopic (exact) mass is 221 g/mol. The molecule has 0 rings (SSSR count). The highest BCUT2D eigenvalue weighted by molar-refractivity contribution is 7.90. The average Bonchev–Trinajstić information content (AvgIpc) is 2.11. The van der Waals surface area contributed by atoms with Crippen LogP contribution in [0.5, 0.6) is 0 Å². The average molecular weight is 221 g/mol. The first kappa shape index (κ1) is 13.4. The Bertz CT molecular complexity index is 249. The highest BCUT2D eigenvalue weighted by Gasteiger charge is 2.22. The van der Waals surface area contributed by atoms with Crippen molar-refractivity contribution in [2.45, 2.75) is 51.2 Å². The first-order chi connectivity index (χ1) is 6.58. The fourth-order valence-electron chi connectivity index (χ4n) is 1.37. The van der Waals surface area contributed by atoms with Gasteiger partial charge in [-0.25, -0.2) is 8.42 Å². The molecule has 1 amide bonds. The van der Waals surface area contributed by atoms with E-state index in [1.54, 1.807) is 0 Å². The van der Waals surface area contributed by atoms with Gasteiger partial charge in [0.1, 0.15) is 0 Å². The number of unbranched alkanes of at least 4 members (excludes halogenated alkanes) is 1. The molecule has 0 aromatic rings. The Morgan fingerprint density at radius 3 is 2.29 bits per heavy atom. The molecule has 84 valence electrons. The van der Waals surface area contributed by atoms with E-state index < -0.39 is 15.3 Å². The van der Waals surface area contributed by atoms with Crippen molar-refractivity contribution in [3.63, 3.8) is 0 Å². The lowest BCUT2D eigenvalue weighted by Gasteiger charge is -2.15. The molecule has 0 saturated carbocycles. The van der Waals surface area contributed by atoms with Crippen LogP contribution in [0.1, 0.15) is 46.0 Å². The second-order valence-corrected chi connectivity index (χ2v) is 5.33. The number of hydrogen-bond donors (Lipinski definition) is 1. The molecule has 0 aliphatic rings. The van der Waals surface area contributed by atoms with E-state index in [0.29, 0.717) is 12.8 Å². The summed E-state index contributed by atoms with van der Waals surface area (Å²) in [6, 6.07) is 0. The molecule has 5 heteroatoms. The summed E-state index contributed by atoms with van der Waals surface area (Å²) in [6.45, 7) is 3.96. The Labute approximate surface area is 86.1 Å². The van der Waals surface area contributed by atoms with Crippen molar-refractivity contribution >= 4 is 16.4 Å². The third-order valence-electron chi connectivity index (χ3n) is 2.14. The first-order valence-electron chi connectivity index (χ1n) is 5.03. The van der Waals surface area contributed by atoms with Gasteiger partial charge in [-0.3, -0.25) is 9.52 Å². The summed E-state index contributed by atoms with van der Waals surface area (Å²) in [5.41, 5.74) is 0. The lowest BCUT2D eigenvalue weighted by molar-refractivity contribution is -0.108. The molecule has 1 atom stereocenters. The molecule has 1 N–H and O–H groups in total. The number of amides is 1. The Morgan fingerprint density at radius 2 is 1.86 bits per heavy atom. The number of rotatable bonds is 8. The van der Waals surface area contributed by atoms with Crippen molar-refractivity contribution in [2.75, 3.05) is 0 Å². The number of carbonyl (C=O) groups excluding carboxylic acids is 1. The zero-order valence-electron chi connectivity index (χ0n) is 8.82. The van der Waals surface area contributed by atoms with Crippen molar-refractivity contribution in [1.29, 1.82) is 0 Å². The Balaban J connectivity index is 4.37. The van der Waals surface area contributed by atoms with Gasteiger partial charge in [-0.2, -0.15) is 0 Å². The van der Waals surface area contributed by atoms with Gasteiger partial charge in [-0.1, -0.05) is 33.1 Å². The van der Waals surface area contributed by atoms with Crippen LogP contribution in [0.15, 0.2) is 0 Å². The smallest absolute Gasteiger partial charge is 0.237 e. The Hall–Kier alpha value is -0.580. The van der Waals surface area contributed by atoms with E-state index in [0.717, 1.165) is 19.3 Å². The van der Waals surface area contributed by atoms with Crippen molar-refractivity contribution < 1.29 is 13.2 Å². The lowest BCUT2D eigenvalue weighted by Crippen LogP contribution is -2.33. The van der Waals surface area contributed by atoms with E-state index in [4.69, 9.17) is 0 Å². The molecule has 0 aromatic carbocycles. The molecule has 14 heavy (non-hydrogen) atoms. The van der Waals surface area contributed by atoms with Crippen molar-refractivity contribution in [3.05, 3.63) is 0 Å². The SMILES string of the molecule is CCCCC(CCC)S(=O)(=O)NC=O. The maximum atomic E-state index is 11.5. The van der Waals surface area contributed by atoms with Gasteiger partial charge in [0.25, 0.3) is 0 Å². The number of hydrogen-bond acceptors (Lipinski definition) is 3. The quantitative estimate of drug-likeness (QED) is 0.630. The highest BCUT2D eigenvalue weighted by Crippen LogP contribution is 2.14. The minimum absolute atomic E-state index is 0.240. The van der Waals surface area contributed by atoms with Crippen molar-refractivity contribution in [2.24, 2.45) is 0 Å². The molecule has 0 aromatic heterocycles. The van der Waals surface area contributed by atoms with Crippen LogP contribution >= 0.6 is 0 Å². The predicted octanol–water partition coefficient (Wildman–Crippen LogP) is 1.42. The van der Waals surface area contributed by atoms with E-state index in [-0.39, 0.29) is 6.41 Å². The number of nitrogens with one attached hydrogen (secondary N) is 1. The normalized spacial score (nSPS) is 13.6. The van der Waals surface area contributed by atoms with Crippen LogP contribution in [0.4, 0.5) is 0 Å².